The first kappa shape index (κ1) is 33.0. The van der Waals surface area contributed by atoms with Gasteiger partial charge in [0.1, 0.15) is 29.9 Å². The number of hydrogen-bond donors (Lipinski definition) is 4. The minimum absolute atomic E-state index is 0.0214. The van der Waals surface area contributed by atoms with E-state index in [1.807, 2.05) is 13.8 Å². The number of thiol groups is 1. The summed E-state index contributed by atoms with van der Waals surface area (Å²) in [5.41, 5.74) is 1.03. The van der Waals surface area contributed by atoms with Gasteiger partial charge in [-0.15, -0.1) is 0 Å². The van der Waals surface area contributed by atoms with Crippen LogP contribution in [0.5, 0.6) is 0 Å². The zero-order chi connectivity index (χ0) is 30.1. The zero-order valence-electron chi connectivity index (χ0n) is 23.3. The second kappa shape index (κ2) is 15.0. The number of para-hydroxylation sites is 2. The fourth-order valence-electron chi connectivity index (χ4n) is 4.06. The Morgan fingerprint density at radius 3 is 2.17 bits per heavy atom. The van der Waals surface area contributed by atoms with Gasteiger partial charge in [0.25, 0.3) is 5.91 Å². The molecular formula is C26H36N6O6S2. The first-order valence-electron chi connectivity index (χ1n) is 12.5. The van der Waals surface area contributed by atoms with Crippen molar-refractivity contribution in [1.29, 1.82) is 0 Å². The number of rotatable bonds is 12. The highest BCUT2D eigenvalue weighted by molar-refractivity contribution is 8.13. The van der Waals surface area contributed by atoms with Gasteiger partial charge in [-0.05, 0) is 31.2 Å². The predicted molar refractivity (Wildman–Crippen MR) is 156 cm³/mol. The summed E-state index contributed by atoms with van der Waals surface area (Å²) < 4.78 is 0. The van der Waals surface area contributed by atoms with Gasteiger partial charge >= 0.3 is 0 Å². The van der Waals surface area contributed by atoms with Crippen molar-refractivity contribution in [3.05, 3.63) is 36.2 Å². The molecule has 0 saturated heterocycles. The number of aliphatic hydroxyl groups excluding tert-OH is 1. The van der Waals surface area contributed by atoms with Gasteiger partial charge in [0, 0.05) is 19.8 Å². The summed E-state index contributed by atoms with van der Waals surface area (Å²) in [7, 11) is 2.91. The van der Waals surface area contributed by atoms with Gasteiger partial charge in [0.05, 0.1) is 23.8 Å². The summed E-state index contributed by atoms with van der Waals surface area (Å²) in [4.78, 5) is 75.2. The summed E-state index contributed by atoms with van der Waals surface area (Å²) >= 11 is 5.27. The highest BCUT2D eigenvalue weighted by atomic mass is 32.2. The van der Waals surface area contributed by atoms with E-state index in [9.17, 15) is 29.1 Å². The Bertz CT molecular complexity index is 1250. The van der Waals surface area contributed by atoms with Crippen LogP contribution in [0.25, 0.3) is 11.0 Å². The molecule has 0 aliphatic heterocycles. The average molecular weight is 593 g/mol. The van der Waals surface area contributed by atoms with Gasteiger partial charge in [-0.3, -0.25) is 29.0 Å². The Hall–Kier alpha value is -3.23. The number of aromatic nitrogens is 2. The van der Waals surface area contributed by atoms with Crippen LogP contribution in [0.15, 0.2) is 30.5 Å². The van der Waals surface area contributed by atoms with Gasteiger partial charge in [-0.2, -0.15) is 12.6 Å². The van der Waals surface area contributed by atoms with Crippen LogP contribution in [0, 0.1) is 5.92 Å². The zero-order valence-corrected chi connectivity index (χ0v) is 25.0. The van der Waals surface area contributed by atoms with E-state index >= 15 is 0 Å². The van der Waals surface area contributed by atoms with Gasteiger partial charge in [0.15, 0.2) is 0 Å². The molecule has 0 bridgehead atoms. The van der Waals surface area contributed by atoms with Crippen LogP contribution in [0.2, 0.25) is 0 Å². The van der Waals surface area contributed by atoms with Crippen molar-refractivity contribution in [3.63, 3.8) is 0 Å². The standard InChI is InChI=1S/C26H36N6O6S2/c1-14(2)21(26(38)40-6)32(5)25(37)20(13-39)31(4)24(36)15(3)28-23(35)19(12-33)30-22(34)18-11-27-16-9-7-8-10-17(16)29-18/h7-11,14-15,19-21,33,39H,12-13H2,1-6H3,(H,28,35)(H,30,34)/t15?,19?,20-,21?/m0/s1. The van der Waals surface area contributed by atoms with Crippen molar-refractivity contribution in [2.45, 2.75) is 44.9 Å². The van der Waals surface area contributed by atoms with Crippen molar-refractivity contribution in [3.8, 4) is 0 Å². The number of aliphatic hydroxyl groups is 1. The van der Waals surface area contributed by atoms with Crippen LogP contribution in [-0.2, 0) is 19.2 Å². The van der Waals surface area contributed by atoms with E-state index in [1.165, 1.54) is 32.1 Å². The van der Waals surface area contributed by atoms with Crippen molar-refractivity contribution < 1.29 is 29.1 Å². The number of fused-ring (bicyclic) bond motifs is 1. The van der Waals surface area contributed by atoms with Gasteiger partial charge in [-0.25, -0.2) is 4.98 Å². The Labute approximate surface area is 243 Å². The summed E-state index contributed by atoms with van der Waals surface area (Å²) in [5, 5.41) is 14.4. The molecule has 0 aliphatic rings. The van der Waals surface area contributed by atoms with Gasteiger partial charge < -0.3 is 25.5 Å². The lowest BCUT2D eigenvalue weighted by atomic mass is 10.0. The molecule has 14 heteroatoms. The lowest BCUT2D eigenvalue weighted by Crippen LogP contribution is -2.58. The predicted octanol–water partition coefficient (Wildman–Crippen LogP) is 0.355. The summed E-state index contributed by atoms with van der Waals surface area (Å²) in [5.74, 6) is -2.79. The maximum absolute atomic E-state index is 13.3. The number of likely N-dealkylation sites (N-methyl/N-ethyl adjacent to an activating group) is 2. The maximum atomic E-state index is 13.3. The number of carbonyl (C=O) groups excluding carboxylic acids is 5. The second-order valence-electron chi connectivity index (χ2n) is 9.49. The van der Waals surface area contributed by atoms with Crippen LogP contribution in [0.4, 0.5) is 0 Å². The molecule has 0 spiro atoms. The van der Waals surface area contributed by atoms with Crippen LogP contribution < -0.4 is 10.6 Å². The minimum atomic E-state index is -1.38. The molecule has 4 atom stereocenters. The maximum Gasteiger partial charge on any atom is 0.272 e. The van der Waals surface area contributed by atoms with Crippen LogP contribution in [-0.4, -0.2) is 110 Å². The molecule has 40 heavy (non-hydrogen) atoms. The smallest absolute Gasteiger partial charge is 0.272 e. The Balaban J connectivity index is 2.08. The van der Waals surface area contributed by atoms with Crippen molar-refractivity contribution in [2.75, 3.05) is 32.7 Å². The molecule has 0 radical (unpaired) electrons. The summed E-state index contributed by atoms with van der Waals surface area (Å²) in [6.07, 6.45) is 2.90. The molecule has 1 aromatic carbocycles. The van der Waals surface area contributed by atoms with E-state index < -0.39 is 54.4 Å². The molecule has 1 heterocycles. The highest BCUT2D eigenvalue weighted by Gasteiger charge is 2.36. The molecule has 3 N–H and O–H groups in total. The molecule has 2 rings (SSSR count). The SMILES string of the molecule is CSC(=O)C(C(C)C)N(C)C(=O)[C@H](CS)N(C)C(=O)C(C)NC(=O)C(CO)NC(=O)c1cnc2ccccc2n1. The normalized spacial score (nSPS) is 14.1. The molecule has 3 unspecified atom stereocenters. The quantitative estimate of drug-likeness (QED) is 0.255. The number of carbonyl (C=O) groups is 5. The first-order valence-corrected chi connectivity index (χ1v) is 14.4. The monoisotopic (exact) mass is 592 g/mol. The lowest BCUT2D eigenvalue weighted by Gasteiger charge is -2.35. The molecule has 0 aliphatic carbocycles. The number of nitrogens with one attached hydrogen (secondary N) is 2. The fourth-order valence-corrected chi connectivity index (χ4v) is 5.14. The van der Waals surface area contributed by atoms with Crippen molar-refractivity contribution in [1.82, 2.24) is 30.4 Å². The molecule has 0 saturated carbocycles. The number of thioether (sulfide) groups is 1. The van der Waals surface area contributed by atoms with E-state index in [0.29, 0.717) is 11.0 Å². The molecule has 0 fully saturated rings. The second-order valence-corrected chi connectivity index (χ2v) is 10.7. The third kappa shape index (κ3) is 7.92. The molecule has 12 nitrogen and oxygen atoms in total. The lowest BCUT2D eigenvalue weighted by molar-refractivity contribution is -0.147. The molecule has 218 valence electrons. The Kier molecular flexibility index (Phi) is 12.3. The van der Waals surface area contributed by atoms with Crippen LogP contribution >= 0.6 is 24.4 Å². The third-order valence-corrected chi connectivity index (χ3v) is 7.32. The van der Waals surface area contributed by atoms with E-state index in [4.69, 9.17) is 0 Å². The number of benzene rings is 1. The van der Waals surface area contributed by atoms with Crippen LogP contribution in [0.3, 0.4) is 0 Å². The molecule has 4 amide bonds. The summed E-state index contributed by atoms with van der Waals surface area (Å²) in [6.45, 7) is 4.33. The van der Waals surface area contributed by atoms with E-state index in [2.05, 4.69) is 33.2 Å². The Morgan fingerprint density at radius 1 is 1.00 bits per heavy atom. The first-order chi connectivity index (χ1) is 18.9. The highest BCUT2D eigenvalue weighted by Crippen LogP contribution is 2.18. The van der Waals surface area contributed by atoms with E-state index in [1.54, 1.807) is 30.5 Å². The van der Waals surface area contributed by atoms with Gasteiger partial charge in [-0.1, -0.05) is 37.7 Å². The third-order valence-electron chi connectivity index (χ3n) is 6.33. The number of nitrogens with zero attached hydrogens (tertiary/aromatic N) is 4. The molecule has 1 aromatic heterocycles. The largest absolute Gasteiger partial charge is 0.394 e. The fraction of sp³-hybridized carbons (Fsp3) is 0.500. The van der Waals surface area contributed by atoms with E-state index in [0.717, 1.165) is 16.7 Å². The summed E-state index contributed by atoms with van der Waals surface area (Å²) in [6, 6.07) is 2.77. The van der Waals surface area contributed by atoms with Crippen molar-refractivity contribution >= 4 is 64.2 Å². The van der Waals surface area contributed by atoms with Crippen LogP contribution in [0.1, 0.15) is 31.3 Å². The molecule has 2 aromatic rings. The average Bonchev–Trinajstić information content (AvgIpc) is 2.94. The number of hydrogen-bond acceptors (Lipinski definition) is 10. The molecular weight excluding hydrogens is 556 g/mol. The van der Waals surface area contributed by atoms with Gasteiger partial charge in [0.2, 0.25) is 22.8 Å². The van der Waals surface area contributed by atoms with Crippen molar-refractivity contribution in [2.24, 2.45) is 5.92 Å². The minimum Gasteiger partial charge on any atom is -0.394 e. The van der Waals surface area contributed by atoms with E-state index in [-0.39, 0.29) is 22.5 Å². The Morgan fingerprint density at radius 2 is 1.62 bits per heavy atom. The topological polar surface area (TPSA) is 162 Å². The number of amides is 4.